The number of amides is 1. The highest BCUT2D eigenvalue weighted by Crippen LogP contribution is 2.27. The van der Waals surface area contributed by atoms with Gasteiger partial charge in [-0.1, -0.05) is 38.5 Å². The minimum Gasteiger partial charge on any atom is -0.354 e. The smallest absolute Gasteiger partial charge is 0.281 e. The summed E-state index contributed by atoms with van der Waals surface area (Å²) in [6.45, 7) is 8.63. The summed E-state index contributed by atoms with van der Waals surface area (Å²) in [6.07, 6.45) is 4.37. The van der Waals surface area contributed by atoms with E-state index in [1.165, 1.54) is 4.68 Å². The zero-order valence-electron chi connectivity index (χ0n) is 17.0. The topological polar surface area (TPSA) is 68.9 Å². The third-order valence-corrected chi connectivity index (χ3v) is 5.28. The van der Waals surface area contributed by atoms with Crippen LogP contribution in [0, 0.1) is 13.8 Å². The molecule has 28 heavy (non-hydrogen) atoms. The van der Waals surface area contributed by atoms with E-state index in [9.17, 15) is 9.59 Å². The Kier molecular flexibility index (Phi) is 5.97. The van der Waals surface area contributed by atoms with E-state index in [0.717, 1.165) is 35.3 Å². The first kappa shape index (κ1) is 19.9. The maximum absolute atomic E-state index is 13.2. The fraction of sp³-hybridized carbons (Fsp3) is 0.409. The van der Waals surface area contributed by atoms with E-state index >= 15 is 0 Å². The molecule has 0 aliphatic heterocycles. The summed E-state index contributed by atoms with van der Waals surface area (Å²) in [5.74, 6) is -0.00111. The van der Waals surface area contributed by atoms with Gasteiger partial charge in [-0.25, -0.2) is 0 Å². The Bertz CT molecular complexity index is 1030. The molecule has 3 rings (SSSR count). The number of hydrogen-bond acceptors (Lipinski definition) is 3. The molecule has 0 unspecified atom stereocenters. The van der Waals surface area contributed by atoms with Crippen molar-refractivity contribution in [3.8, 4) is 5.69 Å². The van der Waals surface area contributed by atoms with E-state index in [-0.39, 0.29) is 17.5 Å². The van der Waals surface area contributed by atoms with Gasteiger partial charge in [0.05, 0.1) is 17.3 Å². The van der Waals surface area contributed by atoms with Crippen molar-refractivity contribution in [2.45, 2.75) is 53.0 Å². The minimum absolute atomic E-state index is 0.00111. The molecule has 0 spiro atoms. The van der Waals surface area contributed by atoms with Crippen molar-refractivity contribution >= 4 is 16.7 Å². The van der Waals surface area contributed by atoms with Crippen molar-refractivity contribution in [3.63, 3.8) is 0 Å². The molecule has 1 N–H and O–H groups in total. The van der Waals surface area contributed by atoms with Crippen molar-refractivity contribution in [1.82, 2.24) is 19.7 Å². The maximum Gasteiger partial charge on any atom is 0.281 e. The molecule has 1 aromatic carbocycles. The fourth-order valence-electron chi connectivity index (χ4n) is 3.79. The number of nitrogens with one attached hydrogen (secondary N) is 1. The lowest BCUT2D eigenvalue weighted by Gasteiger charge is -2.20. The molecule has 0 saturated heterocycles. The van der Waals surface area contributed by atoms with Crippen LogP contribution in [0.1, 0.15) is 50.5 Å². The molecule has 2 heterocycles. The van der Waals surface area contributed by atoms with Crippen molar-refractivity contribution in [3.05, 3.63) is 58.3 Å². The molecule has 0 fully saturated rings. The predicted molar refractivity (Wildman–Crippen MR) is 112 cm³/mol. The molecule has 148 valence electrons. The number of rotatable bonds is 7. The van der Waals surface area contributed by atoms with Gasteiger partial charge in [0.25, 0.3) is 5.56 Å². The molecule has 0 aliphatic carbocycles. The summed E-state index contributed by atoms with van der Waals surface area (Å²) in [7, 11) is 0. The molecule has 1 atom stereocenters. The summed E-state index contributed by atoms with van der Waals surface area (Å²) in [5, 5.41) is 8.82. The van der Waals surface area contributed by atoms with Crippen LogP contribution in [-0.4, -0.2) is 26.8 Å². The number of hydrogen-bond donors (Lipinski definition) is 1. The van der Waals surface area contributed by atoms with Gasteiger partial charge in [0.2, 0.25) is 5.91 Å². The number of fused-ring (bicyclic) bond motifs is 1. The molecular formula is C22H28N4O2. The second-order valence-corrected chi connectivity index (χ2v) is 7.10. The van der Waals surface area contributed by atoms with Crippen molar-refractivity contribution in [2.75, 3.05) is 6.54 Å². The number of para-hydroxylation sites is 1. The number of carbonyl (C=O) groups excluding carboxylic acids is 1. The highest BCUT2D eigenvalue weighted by atomic mass is 16.2. The Labute approximate surface area is 165 Å². The minimum atomic E-state index is -0.339. The molecule has 6 nitrogen and oxygen atoms in total. The monoisotopic (exact) mass is 380 g/mol. The normalized spacial score (nSPS) is 12.3. The number of carbonyl (C=O) groups is 1. The largest absolute Gasteiger partial charge is 0.354 e. The summed E-state index contributed by atoms with van der Waals surface area (Å²) in [4.78, 5) is 26.0. The Hall–Kier alpha value is -2.89. The molecule has 6 heteroatoms. The van der Waals surface area contributed by atoms with Gasteiger partial charge in [-0.3, -0.25) is 9.59 Å². The van der Waals surface area contributed by atoms with Crippen LogP contribution in [0.5, 0.6) is 0 Å². The summed E-state index contributed by atoms with van der Waals surface area (Å²) >= 11 is 0. The van der Waals surface area contributed by atoms with Gasteiger partial charge < -0.3 is 9.88 Å². The lowest BCUT2D eigenvalue weighted by molar-refractivity contribution is -0.124. The van der Waals surface area contributed by atoms with Crippen LogP contribution in [0.15, 0.2) is 41.3 Å². The van der Waals surface area contributed by atoms with Gasteiger partial charge in [-0.2, -0.15) is 9.78 Å². The average molecular weight is 380 g/mol. The highest BCUT2D eigenvalue weighted by Gasteiger charge is 2.25. The van der Waals surface area contributed by atoms with E-state index in [1.54, 1.807) is 6.20 Å². The molecular weight excluding hydrogens is 352 g/mol. The Balaban J connectivity index is 2.11. The lowest BCUT2D eigenvalue weighted by atomic mass is 10.2. The van der Waals surface area contributed by atoms with Crippen LogP contribution in [0.4, 0.5) is 0 Å². The second kappa shape index (κ2) is 8.42. The van der Waals surface area contributed by atoms with Gasteiger partial charge in [-0.15, -0.1) is 0 Å². The fourth-order valence-corrected chi connectivity index (χ4v) is 3.79. The van der Waals surface area contributed by atoms with Gasteiger partial charge in [0.1, 0.15) is 6.04 Å². The zero-order valence-corrected chi connectivity index (χ0v) is 17.0. The first-order valence-electron chi connectivity index (χ1n) is 9.93. The highest BCUT2D eigenvalue weighted by molar-refractivity contribution is 5.89. The number of unbranched alkanes of at least 4 members (excludes halogenated alkanes) is 1. The SMILES string of the molecule is CCCCNC(=O)[C@H](CC)n1c(C)c2cnn(-c3ccccc3)c(=O)c2c1C. The van der Waals surface area contributed by atoms with E-state index in [4.69, 9.17) is 0 Å². The first-order valence-corrected chi connectivity index (χ1v) is 9.93. The Morgan fingerprint density at radius 2 is 1.86 bits per heavy atom. The summed E-state index contributed by atoms with van der Waals surface area (Å²) < 4.78 is 3.41. The molecule has 0 saturated carbocycles. The Morgan fingerprint density at radius 1 is 1.14 bits per heavy atom. The van der Waals surface area contributed by atoms with Gasteiger partial charge in [0.15, 0.2) is 0 Å². The predicted octanol–water partition coefficient (Wildman–Crippen LogP) is 3.67. The quantitative estimate of drug-likeness (QED) is 0.636. The maximum atomic E-state index is 13.2. The van der Waals surface area contributed by atoms with Crippen LogP contribution in [0.2, 0.25) is 0 Å². The number of aryl methyl sites for hydroxylation is 2. The molecule has 0 radical (unpaired) electrons. The van der Waals surface area contributed by atoms with E-state index in [1.807, 2.05) is 55.7 Å². The van der Waals surface area contributed by atoms with Crippen LogP contribution in [0.25, 0.3) is 16.5 Å². The second-order valence-electron chi connectivity index (χ2n) is 7.10. The van der Waals surface area contributed by atoms with Crippen molar-refractivity contribution in [2.24, 2.45) is 0 Å². The molecule has 2 aromatic heterocycles. The number of benzene rings is 1. The Morgan fingerprint density at radius 3 is 2.50 bits per heavy atom. The van der Waals surface area contributed by atoms with Crippen LogP contribution >= 0.6 is 0 Å². The van der Waals surface area contributed by atoms with Gasteiger partial charge in [0, 0.05) is 23.3 Å². The van der Waals surface area contributed by atoms with Crippen LogP contribution < -0.4 is 10.9 Å². The van der Waals surface area contributed by atoms with E-state index in [0.29, 0.717) is 18.4 Å². The number of nitrogens with zero attached hydrogens (tertiary/aromatic N) is 3. The van der Waals surface area contributed by atoms with Crippen LogP contribution in [-0.2, 0) is 4.79 Å². The van der Waals surface area contributed by atoms with Gasteiger partial charge >= 0.3 is 0 Å². The van der Waals surface area contributed by atoms with E-state index in [2.05, 4.69) is 17.3 Å². The molecule has 0 bridgehead atoms. The van der Waals surface area contributed by atoms with Crippen molar-refractivity contribution in [1.29, 1.82) is 0 Å². The summed E-state index contributed by atoms with van der Waals surface area (Å²) in [5.41, 5.74) is 2.27. The molecule has 0 aliphatic rings. The number of aromatic nitrogens is 3. The van der Waals surface area contributed by atoms with Crippen LogP contribution in [0.3, 0.4) is 0 Å². The standard InChI is InChI=1S/C22H28N4O2/c1-5-7-13-23-21(27)19(6-2)25-15(3)18-14-24-26(17-11-9-8-10-12-17)22(28)20(18)16(25)4/h8-12,14,19H,5-7,13H2,1-4H3,(H,23,27)/t19-/m0/s1. The zero-order chi connectivity index (χ0) is 20.3. The van der Waals surface area contributed by atoms with Gasteiger partial charge in [-0.05, 0) is 38.8 Å². The lowest BCUT2D eigenvalue weighted by Crippen LogP contribution is -2.33. The third kappa shape index (κ3) is 3.46. The first-order chi connectivity index (χ1) is 13.5. The molecule has 1 amide bonds. The van der Waals surface area contributed by atoms with Crippen molar-refractivity contribution < 1.29 is 4.79 Å². The average Bonchev–Trinajstić information content (AvgIpc) is 2.95. The summed E-state index contributed by atoms with van der Waals surface area (Å²) in [6, 6.07) is 9.04. The third-order valence-electron chi connectivity index (χ3n) is 5.28. The molecule has 3 aromatic rings. The van der Waals surface area contributed by atoms with E-state index < -0.39 is 0 Å².